The molecule has 1 heterocycles. The minimum atomic E-state index is -0.353. The maximum absolute atomic E-state index is 13.3. The van der Waals surface area contributed by atoms with Crippen molar-refractivity contribution in [1.29, 1.82) is 0 Å². The molecule has 1 N–H and O–H groups in total. The van der Waals surface area contributed by atoms with Crippen LogP contribution in [-0.2, 0) is 9.53 Å². The Bertz CT molecular complexity index is 735. The van der Waals surface area contributed by atoms with Crippen LogP contribution in [-0.4, -0.2) is 68.5 Å². The number of benzene rings is 1. The van der Waals surface area contributed by atoms with Crippen molar-refractivity contribution in [2.75, 3.05) is 40.8 Å². The van der Waals surface area contributed by atoms with Gasteiger partial charge in [0.25, 0.3) is 0 Å². The van der Waals surface area contributed by atoms with Crippen LogP contribution in [0.15, 0.2) is 29.3 Å². The summed E-state index contributed by atoms with van der Waals surface area (Å²) in [5.41, 5.74) is 0.599. The van der Waals surface area contributed by atoms with E-state index in [1.807, 2.05) is 21.0 Å². The molecule has 2 aliphatic rings. The van der Waals surface area contributed by atoms with E-state index in [1.54, 1.807) is 24.1 Å². The second-order valence-electron chi connectivity index (χ2n) is 8.48. The largest absolute Gasteiger partial charge is 0.367 e. The molecule has 2 atom stereocenters. The maximum atomic E-state index is 13.3. The van der Waals surface area contributed by atoms with Gasteiger partial charge in [0.2, 0.25) is 5.91 Å². The normalized spacial score (nSPS) is 23.6. The van der Waals surface area contributed by atoms with Gasteiger partial charge in [-0.05, 0) is 37.5 Å². The van der Waals surface area contributed by atoms with Crippen LogP contribution in [0, 0.1) is 11.2 Å². The van der Waals surface area contributed by atoms with Crippen LogP contribution >= 0.6 is 24.0 Å². The van der Waals surface area contributed by atoms with Crippen LogP contribution in [0.3, 0.4) is 0 Å². The number of hydrogen-bond acceptors (Lipinski definition) is 3. The predicted octanol–water partition coefficient (Wildman–Crippen LogP) is 3.43. The van der Waals surface area contributed by atoms with E-state index in [0.29, 0.717) is 19.6 Å². The fourth-order valence-electron chi connectivity index (χ4n) is 4.56. The lowest BCUT2D eigenvalue weighted by atomic mass is 9.84. The molecule has 8 heteroatoms. The van der Waals surface area contributed by atoms with E-state index in [2.05, 4.69) is 15.2 Å². The van der Waals surface area contributed by atoms with Crippen molar-refractivity contribution < 1.29 is 13.9 Å². The molecule has 0 radical (unpaired) electrons. The van der Waals surface area contributed by atoms with Gasteiger partial charge in [-0.2, -0.15) is 0 Å². The van der Waals surface area contributed by atoms with Gasteiger partial charge in [0.1, 0.15) is 11.9 Å². The monoisotopic (exact) mass is 532 g/mol. The minimum absolute atomic E-state index is 0. The summed E-state index contributed by atoms with van der Waals surface area (Å²) in [6.45, 7) is 3.96. The first-order valence-corrected chi connectivity index (χ1v) is 10.4. The number of guanidine groups is 1. The van der Waals surface area contributed by atoms with Gasteiger partial charge in [0, 0.05) is 34.2 Å². The van der Waals surface area contributed by atoms with Gasteiger partial charge < -0.3 is 19.9 Å². The van der Waals surface area contributed by atoms with Crippen LogP contribution in [0.25, 0.3) is 0 Å². The topological polar surface area (TPSA) is 57.2 Å². The summed E-state index contributed by atoms with van der Waals surface area (Å²) >= 11 is 0. The average Bonchev–Trinajstić information content (AvgIpc) is 3.18. The van der Waals surface area contributed by atoms with Crippen molar-refractivity contribution in [3.63, 3.8) is 0 Å². The summed E-state index contributed by atoms with van der Waals surface area (Å²) in [5.74, 6) is 0.724. The van der Waals surface area contributed by atoms with Crippen LogP contribution < -0.4 is 5.32 Å². The van der Waals surface area contributed by atoms with Crippen molar-refractivity contribution >= 4 is 35.8 Å². The molecular formula is C22H34FIN4O2. The summed E-state index contributed by atoms with van der Waals surface area (Å²) < 4.78 is 19.4. The van der Waals surface area contributed by atoms with Gasteiger partial charge in [-0.25, -0.2) is 4.39 Å². The van der Waals surface area contributed by atoms with E-state index in [9.17, 15) is 9.18 Å². The smallest absolute Gasteiger partial charge is 0.230 e. The van der Waals surface area contributed by atoms with E-state index in [0.717, 1.165) is 37.2 Å². The molecule has 1 aliphatic carbocycles. The summed E-state index contributed by atoms with van der Waals surface area (Å²) in [6.07, 6.45) is 3.85. The zero-order valence-electron chi connectivity index (χ0n) is 18.4. The first kappa shape index (κ1) is 24.8. The molecule has 0 aromatic heterocycles. The molecule has 1 saturated heterocycles. The van der Waals surface area contributed by atoms with Gasteiger partial charge in [-0.1, -0.05) is 25.0 Å². The Morgan fingerprint density at radius 2 is 1.90 bits per heavy atom. The molecule has 1 aromatic rings. The van der Waals surface area contributed by atoms with Crippen molar-refractivity contribution in [3.05, 3.63) is 35.6 Å². The number of morpholine rings is 1. The molecular weight excluding hydrogens is 498 g/mol. The molecule has 0 spiro atoms. The number of hydrogen-bond donors (Lipinski definition) is 1. The molecule has 1 saturated carbocycles. The van der Waals surface area contributed by atoms with Crippen molar-refractivity contribution in [1.82, 2.24) is 15.1 Å². The molecule has 2 unspecified atom stereocenters. The summed E-state index contributed by atoms with van der Waals surface area (Å²) in [5, 5.41) is 3.47. The number of nitrogens with one attached hydrogen (secondary N) is 1. The first-order chi connectivity index (χ1) is 13.8. The second kappa shape index (κ2) is 10.7. The number of nitrogens with zero attached hydrogens (tertiary/aromatic N) is 3. The fraction of sp³-hybridized carbons (Fsp3) is 0.636. The molecule has 30 heavy (non-hydrogen) atoms. The minimum Gasteiger partial charge on any atom is -0.367 e. The summed E-state index contributed by atoms with van der Waals surface area (Å²) in [4.78, 5) is 21.2. The highest BCUT2D eigenvalue weighted by Gasteiger charge is 2.42. The van der Waals surface area contributed by atoms with Crippen LogP contribution in [0.2, 0.25) is 0 Å². The zero-order chi connectivity index (χ0) is 21.0. The fourth-order valence-corrected chi connectivity index (χ4v) is 4.56. The summed E-state index contributed by atoms with van der Waals surface area (Å²) in [7, 11) is 5.42. The third-order valence-electron chi connectivity index (χ3n) is 6.02. The maximum Gasteiger partial charge on any atom is 0.230 e. The van der Waals surface area contributed by atoms with Gasteiger partial charge in [0.05, 0.1) is 18.1 Å². The van der Waals surface area contributed by atoms with Crippen molar-refractivity contribution in [2.24, 2.45) is 10.4 Å². The molecule has 0 bridgehead atoms. The highest BCUT2D eigenvalue weighted by atomic mass is 127. The lowest BCUT2D eigenvalue weighted by Crippen LogP contribution is -2.54. The Balaban J connectivity index is 0.00000320. The average molecular weight is 532 g/mol. The number of carbonyl (C=O) groups excluding carboxylic acids is 1. The third-order valence-corrected chi connectivity index (χ3v) is 6.02. The second-order valence-corrected chi connectivity index (χ2v) is 8.48. The van der Waals surface area contributed by atoms with Gasteiger partial charge in [0.15, 0.2) is 5.96 Å². The molecule has 6 nitrogen and oxygen atoms in total. The standard InChI is InChI=1S/C22H33FN4O2.HI/c1-16-13-27(14-19(29-16)17-7-9-18(23)10-8-17)21(24-2)25-15-22(11-5-6-12-22)20(28)26(3)4;/h7-10,16,19H,5-6,11-15H2,1-4H3,(H,24,25);1H. The molecule has 2 fully saturated rings. The molecule has 168 valence electrons. The van der Waals surface area contributed by atoms with Crippen LogP contribution in [0.1, 0.15) is 44.3 Å². The third kappa shape index (κ3) is 5.63. The Hall–Kier alpha value is -1.42. The number of amides is 1. The zero-order valence-corrected chi connectivity index (χ0v) is 20.7. The Morgan fingerprint density at radius 1 is 1.27 bits per heavy atom. The van der Waals surface area contributed by atoms with E-state index in [1.165, 1.54) is 12.1 Å². The van der Waals surface area contributed by atoms with E-state index in [4.69, 9.17) is 4.74 Å². The quantitative estimate of drug-likeness (QED) is 0.367. The number of aliphatic imine (C=N–C) groups is 1. The van der Waals surface area contributed by atoms with Gasteiger partial charge in [-0.15, -0.1) is 24.0 Å². The highest BCUT2D eigenvalue weighted by Crippen LogP contribution is 2.39. The molecule has 1 aliphatic heterocycles. The van der Waals surface area contributed by atoms with Gasteiger partial charge >= 0.3 is 0 Å². The van der Waals surface area contributed by atoms with Crippen molar-refractivity contribution in [3.8, 4) is 0 Å². The Kier molecular flexibility index (Phi) is 8.90. The lowest BCUT2D eigenvalue weighted by Gasteiger charge is -2.40. The summed E-state index contributed by atoms with van der Waals surface area (Å²) in [6, 6.07) is 6.48. The first-order valence-electron chi connectivity index (χ1n) is 10.4. The SMILES string of the molecule is CN=C(NCC1(C(=O)N(C)C)CCCC1)N1CC(C)OC(c2ccc(F)cc2)C1.I. The van der Waals surface area contributed by atoms with Gasteiger partial charge in [-0.3, -0.25) is 9.79 Å². The molecule has 1 amide bonds. The number of ether oxygens (including phenoxy) is 1. The number of rotatable bonds is 4. The Morgan fingerprint density at radius 3 is 2.47 bits per heavy atom. The van der Waals surface area contributed by atoms with E-state index < -0.39 is 0 Å². The molecule has 3 rings (SSSR count). The van der Waals surface area contributed by atoms with E-state index in [-0.39, 0.29) is 53.3 Å². The lowest BCUT2D eigenvalue weighted by molar-refractivity contribution is -0.138. The Labute approximate surface area is 196 Å². The highest BCUT2D eigenvalue weighted by molar-refractivity contribution is 14.0. The number of carbonyl (C=O) groups is 1. The van der Waals surface area contributed by atoms with E-state index >= 15 is 0 Å². The molecule has 1 aromatic carbocycles. The van der Waals surface area contributed by atoms with Crippen molar-refractivity contribution in [2.45, 2.75) is 44.8 Å². The van der Waals surface area contributed by atoms with Crippen LogP contribution in [0.4, 0.5) is 4.39 Å². The number of halogens is 2. The predicted molar refractivity (Wildman–Crippen MR) is 128 cm³/mol. The van der Waals surface area contributed by atoms with Crippen LogP contribution in [0.5, 0.6) is 0 Å².